The molecule has 0 aliphatic rings. The highest BCUT2D eigenvalue weighted by molar-refractivity contribution is 5.93. The molecule has 0 aromatic carbocycles. The fourth-order valence-corrected chi connectivity index (χ4v) is 2.12. The summed E-state index contributed by atoms with van der Waals surface area (Å²) in [7, 11) is 0. The molecule has 1 amide bonds. The zero-order valence-electron chi connectivity index (χ0n) is 13.3. The Hall–Kier alpha value is -1.66. The van der Waals surface area contributed by atoms with Crippen molar-refractivity contribution < 1.29 is 9.90 Å². The number of anilines is 2. The largest absolute Gasteiger partial charge is 0.383 e. The van der Waals surface area contributed by atoms with E-state index in [9.17, 15) is 9.90 Å². The van der Waals surface area contributed by atoms with Gasteiger partial charge >= 0.3 is 0 Å². The third-order valence-corrected chi connectivity index (χ3v) is 3.24. The predicted octanol–water partition coefficient (Wildman–Crippen LogP) is 1.46. The van der Waals surface area contributed by atoms with E-state index in [-0.39, 0.29) is 0 Å². The molecule has 4 N–H and O–H groups in total. The van der Waals surface area contributed by atoms with Gasteiger partial charge in [0.25, 0.3) is 5.91 Å². The van der Waals surface area contributed by atoms with Crippen molar-refractivity contribution >= 4 is 17.4 Å². The summed E-state index contributed by atoms with van der Waals surface area (Å²) in [4.78, 5) is 17.9. The molecular weight excluding hydrogens is 268 g/mol. The number of nitrogens with one attached hydrogen (secondary N) is 1. The number of likely N-dealkylation sites (N-methyl/N-ethyl adjacent to an activating group) is 1. The Kier molecular flexibility index (Phi) is 6.58. The Labute approximate surface area is 126 Å². The molecule has 0 radical (unpaired) electrons. The lowest BCUT2D eigenvalue weighted by molar-refractivity contribution is -0.134. The summed E-state index contributed by atoms with van der Waals surface area (Å²) in [5, 5.41) is 12.8. The van der Waals surface area contributed by atoms with Crippen LogP contribution >= 0.6 is 0 Å². The Bertz CT molecular complexity index is 477. The number of carbonyl (C=O) groups excluding carboxylic acids is 1. The first-order chi connectivity index (χ1) is 9.88. The van der Waals surface area contributed by atoms with Crippen LogP contribution in [0.4, 0.5) is 11.5 Å². The van der Waals surface area contributed by atoms with Crippen molar-refractivity contribution in [1.82, 2.24) is 9.88 Å². The van der Waals surface area contributed by atoms with Crippen LogP contribution in [0.25, 0.3) is 0 Å². The number of aromatic nitrogens is 1. The van der Waals surface area contributed by atoms with Gasteiger partial charge in [0, 0.05) is 6.54 Å². The molecule has 1 unspecified atom stereocenters. The normalized spacial score (nSPS) is 12.7. The van der Waals surface area contributed by atoms with Crippen molar-refractivity contribution in [3.05, 3.63) is 17.8 Å². The second-order valence-corrected chi connectivity index (χ2v) is 5.47. The minimum atomic E-state index is -1.17. The van der Waals surface area contributed by atoms with Crippen molar-refractivity contribution in [3.8, 4) is 0 Å². The molecular formula is C15H26N4O2. The summed E-state index contributed by atoms with van der Waals surface area (Å²) in [5.41, 5.74) is 7.15. The minimum Gasteiger partial charge on any atom is -0.383 e. The van der Waals surface area contributed by atoms with Gasteiger partial charge in [-0.1, -0.05) is 27.7 Å². The number of carbonyl (C=O) groups is 1. The highest BCUT2D eigenvalue weighted by Gasteiger charge is 2.23. The lowest BCUT2D eigenvalue weighted by Crippen LogP contribution is -2.45. The molecule has 0 aliphatic carbocycles. The van der Waals surface area contributed by atoms with Gasteiger partial charge in [0.2, 0.25) is 0 Å². The first kappa shape index (κ1) is 17.4. The maximum atomic E-state index is 12.1. The number of aryl methyl sites for hydroxylation is 1. The van der Waals surface area contributed by atoms with Gasteiger partial charge in [0.05, 0.1) is 11.9 Å². The number of hydrogen-bond donors (Lipinski definition) is 3. The molecule has 118 valence electrons. The van der Waals surface area contributed by atoms with Crippen LogP contribution in [-0.4, -0.2) is 40.2 Å². The first-order valence-electron chi connectivity index (χ1n) is 7.36. The first-order valence-corrected chi connectivity index (χ1v) is 7.36. The molecule has 0 spiro atoms. The quantitative estimate of drug-likeness (QED) is 0.662. The number of pyridine rings is 1. The average molecular weight is 294 g/mol. The van der Waals surface area contributed by atoms with Gasteiger partial charge in [-0.2, -0.15) is 0 Å². The topological polar surface area (TPSA) is 91.5 Å². The Morgan fingerprint density at radius 1 is 1.48 bits per heavy atom. The number of amides is 1. The van der Waals surface area contributed by atoms with Gasteiger partial charge in [0.15, 0.2) is 6.23 Å². The van der Waals surface area contributed by atoms with Crippen LogP contribution in [0.5, 0.6) is 0 Å². The molecule has 0 saturated heterocycles. The molecule has 0 aliphatic heterocycles. The highest BCUT2D eigenvalue weighted by atomic mass is 16.3. The zero-order chi connectivity index (χ0) is 16.0. The van der Waals surface area contributed by atoms with Gasteiger partial charge in [-0.15, -0.1) is 0 Å². The van der Waals surface area contributed by atoms with Gasteiger partial charge < -0.3 is 16.2 Å². The Balaban J connectivity index is 2.75. The number of nitrogen functional groups attached to an aromatic ring is 1. The van der Waals surface area contributed by atoms with Crippen molar-refractivity contribution in [2.75, 3.05) is 24.1 Å². The summed E-state index contributed by atoms with van der Waals surface area (Å²) in [6, 6.07) is 1.78. The van der Waals surface area contributed by atoms with Crippen LogP contribution in [0.3, 0.4) is 0 Å². The smallest absolute Gasteiger partial charge is 0.268 e. The fourth-order valence-electron chi connectivity index (χ4n) is 2.12. The third-order valence-electron chi connectivity index (χ3n) is 3.24. The zero-order valence-corrected chi connectivity index (χ0v) is 13.3. The molecule has 1 heterocycles. The molecule has 6 nitrogen and oxygen atoms in total. The number of aliphatic hydroxyl groups excluding tert-OH is 1. The summed E-state index contributed by atoms with van der Waals surface area (Å²) < 4.78 is 0. The second kappa shape index (κ2) is 7.95. The molecule has 0 fully saturated rings. The van der Waals surface area contributed by atoms with E-state index in [4.69, 9.17) is 5.73 Å². The summed E-state index contributed by atoms with van der Waals surface area (Å²) in [6.45, 7) is 9.24. The second-order valence-electron chi connectivity index (χ2n) is 5.47. The van der Waals surface area contributed by atoms with Gasteiger partial charge in [-0.3, -0.25) is 9.69 Å². The summed E-state index contributed by atoms with van der Waals surface area (Å²) in [6.07, 6.45) is 1.07. The fraction of sp³-hybridized carbons (Fsp3) is 0.600. The maximum Gasteiger partial charge on any atom is 0.268 e. The molecule has 1 atom stereocenters. The van der Waals surface area contributed by atoms with E-state index in [1.165, 1.54) is 6.20 Å². The van der Waals surface area contributed by atoms with E-state index in [2.05, 4.69) is 10.3 Å². The lowest BCUT2D eigenvalue weighted by atomic mass is 10.2. The van der Waals surface area contributed by atoms with E-state index in [0.29, 0.717) is 30.5 Å². The van der Waals surface area contributed by atoms with Gasteiger partial charge in [-0.25, -0.2) is 4.98 Å². The Morgan fingerprint density at radius 3 is 2.67 bits per heavy atom. The van der Waals surface area contributed by atoms with Crippen molar-refractivity contribution in [1.29, 1.82) is 0 Å². The molecule has 0 saturated carbocycles. The minimum absolute atomic E-state index is 0.372. The van der Waals surface area contributed by atoms with Gasteiger partial charge in [-0.05, 0) is 30.5 Å². The number of hydrogen-bond acceptors (Lipinski definition) is 5. The monoisotopic (exact) mass is 294 g/mol. The van der Waals surface area contributed by atoms with Gasteiger partial charge in [0.1, 0.15) is 5.82 Å². The third kappa shape index (κ3) is 4.99. The number of nitrogens with zero attached hydrogens (tertiary/aromatic N) is 2. The van der Waals surface area contributed by atoms with Crippen molar-refractivity contribution in [2.45, 2.75) is 40.3 Å². The van der Waals surface area contributed by atoms with Crippen LogP contribution in [0, 0.1) is 5.92 Å². The molecule has 1 rings (SSSR count). The van der Waals surface area contributed by atoms with Crippen LogP contribution in [0.2, 0.25) is 0 Å². The van der Waals surface area contributed by atoms with Crippen molar-refractivity contribution in [2.24, 2.45) is 5.92 Å². The molecule has 6 heteroatoms. The highest BCUT2D eigenvalue weighted by Crippen LogP contribution is 2.16. The number of aliphatic hydroxyl groups is 1. The lowest BCUT2D eigenvalue weighted by Gasteiger charge is -2.27. The average Bonchev–Trinajstić information content (AvgIpc) is 2.45. The van der Waals surface area contributed by atoms with Crippen LogP contribution < -0.4 is 11.1 Å². The number of rotatable bonds is 7. The summed E-state index contributed by atoms with van der Waals surface area (Å²) >= 11 is 0. The van der Waals surface area contributed by atoms with Crippen molar-refractivity contribution in [3.63, 3.8) is 0 Å². The van der Waals surface area contributed by atoms with E-state index in [1.54, 1.807) is 11.0 Å². The maximum absolute atomic E-state index is 12.1. The van der Waals surface area contributed by atoms with Crippen LogP contribution in [-0.2, 0) is 11.2 Å². The van der Waals surface area contributed by atoms with E-state index in [1.807, 2.05) is 27.7 Å². The standard InChI is InChI=1S/C15H26N4O2/c1-5-11-7-12(8-17-13(11)16)18-14(20)15(21)19(6-2)9-10(3)4/h7-8,10,15,21H,5-6,9H2,1-4H3,(H2,16,17)(H,18,20). The number of nitrogens with two attached hydrogens (primary N) is 1. The molecule has 1 aromatic heterocycles. The predicted molar refractivity (Wildman–Crippen MR) is 84.7 cm³/mol. The molecule has 0 bridgehead atoms. The SMILES string of the molecule is CCc1cc(NC(=O)C(O)N(CC)CC(C)C)cnc1N. The van der Waals surface area contributed by atoms with Crippen LogP contribution in [0.1, 0.15) is 33.3 Å². The Morgan fingerprint density at radius 2 is 2.14 bits per heavy atom. The van der Waals surface area contributed by atoms with E-state index in [0.717, 1.165) is 12.0 Å². The van der Waals surface area contributed by atoms with E-state index >= 15 is 0 Å². The van der Waals surface area contributed by atoms with Crippen LogP contribution in [0.15, 0.2) is 12.3 Å². The molecule has 1 aromatic rings. The molecule has 21 heavy (non-hydrogen) atoms. The van der Waals surface area contributed by atoms with E-state index < -0.39 is 12.1 Å². The summed E-state index contributed by atoms with van der Waals surface area (Å²) in [5.74, 6) is 0.384.